The zero-order valence-corrected chi connectivity index (χ0v) is 14.4. The minimum atomic E-state index is -0.176. The van der Waals surface area contributed by atoms with E-state index in [1.54, 1.807) is 23.1 Å². The number of ether oxygens (including phenoxy) is 1. The molecule has 2 rings (SSSR count). The van der Waals surface area contributed by atoms with E-state index < -0.39 is 0 Å². The van der Waals surface area contributed by atoms with Crippen molar-refractivity contribution >= 4 is 29.1 Å². The van der Waals surface area contributed by atoms with Crippen LogP contribution in [-0.2, 0) is 9.59 Å². The SMILES string of the molecule is CCOc1ccc(NC(=O)C2CCCN(C(=O)CC)C2)cc1Cl. The van der Waals surface area contributed by atoms with Gasteiger partial charge in [0.1, 0.15) is 5.75 Å². The van der Waals surface area contributed by atoms with E-state index in [4.69, 9.17) is 16.3 Å². The number of benzene rings is 1. The van der Waals surface area contributed by atoms with Gasteiger partial charge in [0.25, 0.3) is 0 Å². The van der Waals surface area contributed by atoms with Crippen LogP contribution in [0, 0.1) is 5.92 Å². The maximum absolute atomic E-state index is 12.4. The molecule has 1 aromatic rings. The summed E-state index contributed by atoms with van der Waals surface area (Å²) in [6.45, 7) is 5.50. The van der Waals surface area contributed by atoms with Gasteiger partial charge in [-0.3, -0.25) is 9.59 Å². The Morgan fingerprint density at radius 2 is 2.17 bits per heavy atom. The average Bonchev–Trinajstić information content (AvgIpc) is 2.56. The Labute approximate surface area is 141 Å². The first-order valence-electron chi connectivity index (χ1n) is 8.06. The van der Waals surface area contributed by atoms with Crippen molar-refractivity contribution in [2.24, 2.45) is 5.92 Å². The third kappa shape index (κ3) is 4.61. The van der Waals surface area contributed by atoms with Gasteiger partial charge in [0.15, 0.2) is 0 Å². The molecule has 5 nitrogen and oxygen atoms in total. The smallest absolute Gasteiger partial charge is 0.229 e. The number of carbonyl (C=O) groups excluding carboxylic acids is 2. The molecule has 0 radical (unpaired) electrons. The summed E-state index contributed by atoms with van der Waals surface area (Å²) >= 11 is 6.13. The molecule has 0 aromatic heterocycles. The van der Waals surface area contributed by atoms with E-state index in [0.717, 1.165) is 19.4 Å². The molecule has 1 N–H and O–H groups in total. The molecule has 23 heavy (non-hydrogen) atoms. The number of piperidine rings is 1. The first-order valence-corrected chi connectivity index (χ1v) is 8.44. The van der Waals surface area contributed by atoms with E-state index in [1.807, 2.05) is 13.8 Å². The van der Waals surface area contributed by atoms with Crippen LogP contribution in [0.15, 0.2) is 18.2 Å². The van der Waals surface area contributed by atoms with Crippen LogP contribution in [0.4, 0.5) is 5.69 Å². The Kier molecular flexibility index (Phi) is 6.28. The monoisotopic (exact) mass is 338 g/mol. The fourth-order valence-electron chi connectivity index (χ4n) is 2.74. The van der Waals surface area contributed by atoms with Gasteiger partial charge in [0, 0.05) is 25.2 Å². The Balaban J connectivity index is 1.98. The maximum atomic E-state index is 12.4. The summed E-state index contributed by atoms with van der Waals surface area (Å²) < 4.78 is 5.38. The molecule has 0 aliphatic carbocycles. The second kappa shape index (κ2) is 8.20. The summed E-state index contributed by atoms with van der Waals surface area (Å²) in [5, 5.41) is 3.35. The molecule has 6 heteroatoms. The molecule has 2 amide bonds. The number of hydrogen-bond donors (Lipinski definition) is 1. The minimum Gasteiger partial charge on any atom is -0.492 e. The number of likely N-dealkylation sites (tertiary alicyclic amines) is 1. The van der Waals surface area contributed by atoms with Crippen molar-refractivity contribution in [1.29, 1.82) is 0 Å². The lowest BCUT2D eigenvalue weighted by molar-refractivity contribution is -0.134. The molecular weight excluding hydrogens is 316 g/mol. The topological polar surface area (TPSA) is 58.6 Å². The largest absolute Gasteiger partial charge is 0.492 e. The second-order valence-corrected chi connectivity index (χ2v) is 6.01. The van der Waals surface area contributed by atoms with Crippen molar-refractivity contribution in [2.75, 3.05) is 25.0 Å². The lowest BCUT2D eigenvalue weighted by atomic mass is 9.96. The van der Waals surface area contributed by atoms with Crippen LogP contribution in [0.3, 0.4) is 0 Å². The van der Waals surface area contributed by atoms with Crippen molar-refractivity contribution < 1.29 is 14.3 Å². The predicted octanol–water partition coefficient (Wildman–Crippen LogP) is 3.33. The third-order valence-corrected chi connectivity index (χ3v) is 4.24. The molecule has 1 fully saturated rings. The summed E-state index contributed by atoms with van der Waals surface area (Å²) in [7, 11) is 0. The highest BCUT2D eigenvalue weighted by atomic mass is 35.5. The van der Waals surface area contributed by atoms with Gasteiger partial charge in [-0.1, -0.05) is 18.5 Å². The normalized spacial score (nSPS) is 17.7. The van der Waals surface area contributed by atoms with E-state index in [2.05, 4.69) is 5.32 Å². The summed E-state index contributed by atoms with van der Waals surface area (Å²) in [5.74, 6) is 0.458. The minimum absolute atomic E-state index is 0.0705. The molecule has 1 unspecified atom stereocenters. The quantitative estimate of drug-likeness (QED) is 0.895. The van der Waals surface area contributed by atoms with Gasteiger partial charge in [-0.05, 0) is 38.0 Å². The Bertz CT molecular complexity index is 577. The van der Waals surface area contributed by atoms with Crippen molar-refractivity contribution in [3.8, 4) is 5.75 Å². The highest BCUT2D eigenvalue weighted by molar-refractivity contribution is 6.32. The molecule has 1 aliphatic heterocycles. The molecule has 1 aliphatic rings. The number of amides is 2. The van der Waals surface area contributed by atoms with Crippen LogP contribution in [0.1, 0.15) is 33.1 Å². The Morgan fingerprint density at radius 1 is 1.39 bits per heavy atom. The standard InChI is InChI=1S/C17H23ClN2O3/c1-3-16(21)20-9-5-6-12(11-20)17(22)19-13-7-8-15(23-4-2)14(18)10-13/h7-8,10,12H,3-6,9,11H2,1-2H3,(H,19,22). The van der Waals surface area contributed by atoms with Crippen molar-refractivity contribution in [3.05, 3.63) is 23.2 Å². The Morgan fingerprint density at radius 3 is 2.83 bits per heavy atom. The lowest BCUT2D eigenvalue weighted by Gasteiger charge is -2.31. The fraction of sp³-hybridized carbons (Fsp3) is 0.529. The summed E-state index contributed by atoms with van der Waals surface area (Å²) in [6.07, 6.45) is 2.13. The zero-order chi connectivity index (χ0) is 16.8. The number of halogens is 1. The predicted molar refractivity (Wildman–Crippen MR) is 90.8 cm³/mol. The van der Waals surface area contributed by atoms with Crippen LogP contribution in [0.25, 0.3) is 0 Å². The first kappa shape index (κ1) is 17.6. The number of nitrogens with zero attached hydrogens (tertiary/aromatic N) is 1. The maximum Gasteiger partial charge on any atom is 0.229 e. The summed E-state index contributed by atoms with van der Waals surface area (Å²) in [5.41, 5.74) is 0.641. The van der Waals surface area contributed by atoms with Crippen molar-refractivity contribution in [1.82, 2.24) is 4.90 Å². The number of carbonyl (C=O) groups is 2. The van der Waals surface area contributed by atoms with Gasteiger partial charge in [0.2, 0.25) is 11.8 Å². The van der Waals surface area contributed by atoms with Crippen LogP contribution in [0.5, 0.6) is 5.75 Å². The van der Waals surface area contributed by atoms with E-state index in [9.17, 15) is 9.59 Å². The molecule has 126 valence electrons. The lowest BCUT2D eigenvalue weighted by Crippen LogP contribution is -2.43. The number of anilines is 1. The van der Waals surface area contributed by atoms with Gasteiger partial charge in [-0.25, -0.2) is 0 Å². The second-order valence-electron chi connectivity index (χ2n) is 5.60. The van der Waals surface area contributed by atoms with Gasteiger partial charge in [0.05, 0.1) is 17.5 Å². The third-order valence-electron chi connectivity index (χ3n) is 3.95. The summed E-state index contributed by atoms with van der Waals surface area (Å²) in [6, 6.07) is 5.20. The van der Waals surface area contributed by atoms with Crippen LogP contribution in [-0.4, -0.2) is 36.4 Å². The molecule has 1 atom stereocenters. The number of nitrogens with one attached hydrogen (secondary N) is 1. The molecule has 0 bridgehead atoms. The first-order chi connectivity index (χ1) is 11.0. The van der Waals surface area contributed by atoms with E-state index in [1.165, 1.54) is 0 Å². The van der Waals surface area contributed by atoms with Gasteiger partial charge in [-0.15, -0.1) is 0 Å². The molecule has 1 heterocycles. The number of hydrogen-bond acceptors (Lipinski definition) is 3. The van der Waals surface area contributed by atoms with Gasteiger partial charge >= 0.3 is 0 Å². The molecular formula is C17H23ClN2O3. The molecule has 1 aromatic carbocycles. The van der Waals surface area contributed by atoms with Crippen LogP contribution in [0.2, 0.25) is 5.02 Å². The molecule has 0 spiro atoms. The fourth-order valence-corrected chi connectivity index (χ4v) is 2.97. The van der Waals surface area contributed by atoms with Crippen molar-refractivity contribution in [3.63, 3.8) is 0 Å². The summed E-state index contributed by atoms with van der Waals surface area (Å²) in [4.78, 5) is 26.0. The van der Waals surface area contributed by atoms with E-state index in [0.29, 0.717) is 36.0 Å². The van der Waals surface area contributed by atoms with Crippen LogP contribution < -0.4 is 10.1 Å². The van der Waals surface area contributed by atoms with Crippen LogP contribution >= 0.6 is 11.6 Å². The van der Waals surface area contributed by atoms with E-state index >= 15 is 0 Å². The molecule has 1 saturated heterocycles. The highest BCUT2D eigenvalue weighted by Crippen LogP contribution is 2.28. The van der Waals surface area contributed by atoms with Gasteiger partial charge in [-0.2, -0.15) is 0 Å². The average molecular weight is 339 g/mol. The van der Waals surface area contributed by atoms with E-state index in [-0.39, 0.29) is 17.7 Å². The van der Waals surface area contributed by atoms with Crippen molar-refractivity contribution in [2.45, 2.75) is 33.1 Å². The molecule has 0 saturated carbocycles. The Hall–Kier alpha value is -1.75. The highest BCUT2D eigenvalue weighted by Gasteiger charge is 2.27. The zero-order valence-electron chi connectivity index (χ0n) is 13.6. The van der Waals surface area contributed by atoms with Gasteiger partial charge < -0.3 is 15.0 Å². The number of rotatable bonds is 5.